The summed E-state index contributed by atoms with van der Waals surface area (Å²) in [5.74, 6) is 0.569. The van der Waals surface area contributed by atoms with Gasteiger partial charge in [-0.3, -0.25) is 14.0 Å². The Labute approximate surface area is 193 Å². The molecule has 0 radical (unpaired) electrons. The van der Waals surface area contributed by atoms with E-state index in [1.807, 2.05) is 33.0 Å². The predicted molar refractivity (Wildman–Crippen MR) is 126 cm³/mol. The number of para-hydroxylation sites is 1. The van der Waals surface area contributed by atoms with Gasteiger partial charge in [-0.2, -0.15) is 0 Å². The second kappa shape index (κ2) is 9.13. The van der Waals surface area contributed by atoms with E-state index in [4.69, 9.17) is 11.6 Å². The highest BCUT2D eigenvalue weighted by Gasteiger charge is 2.17. The van der Waals surface area contributed by atoms with Gasteiger partial charge >= 0.3 is 0 Å². The van der Waals surface area contributed by atoms with Gasteiger partial charge in [0, 0.05) is 30.9 Å². The van der Waals surface area contributed by atoms with Gasteiger partial charge in [0.1, 0.15) is 11.5 Å². The third-order valence-corrected chi connectivity index (χ3v) is 6.36. The van der Waals surface area contributed by atoms with E-state index in [0.717, 1.165) is 5.56 Å². The lowest BCUT2D eigenvalue weighted by atomic mass is 10.1. The Morgan fingerprint density at radius 2 is 1.94 bits per heavy atom. The van der Waals surface area contributed by atoms with Crippen LogP contribution in [0.15, 0.2) is 52.5 Å². The number of halogens is 1. The van der Waals surface area contributed by atoms with Crippen LogP contribution in [0.3, 0.4) is 0 Å². The van der Waals surface area contributed by atoms with Crippen LogP contribution in [-0.4, -0.2) is 35.8 Å². The Kier molecular flexibility index (Phi) is 6.29. The Hall–Kier alpha value is -3.17. The number of fused-ring (bicyclic) bond motifs is 1. The van der Waals surface area contributed by atoms with Crippen molar-refractivity contribution in [3.05, 3.63) is 80.6 Å². The van der Waals surface area contributed by atoms with Crippen molar-refractivity contribution in [1.82, 2.24) is 24.1 Å². The Morgan fingerprint density at radius 3 is 2.72 bits per heavy atom. The predicted octanol–water partition coefficient (Wildman–Crippen LogP) is 3.41. The Balaban J connectivity index is 1.49. The first-order valence-corrected chi connectivity index (χ1v) is 11.2. The fraction of sp³-hybridized carbons (Fsp3) is 0.227. The average Bonchev–Trinajstić information content (AvgIpc) is 3.11. The van der Waals surface area contributed by atoms with Crippen molar-refractivity contribution in [1.29, 1.82) is 0 Å². The van der Waals surface area contributed by atoms with E-state index in [9.17, 15) is 9.59 Å². The second-order valence-corrected chi connectivity index (χ2v) is 8.72. The third kappa shape index (κ3) is 4.53. The van der Waals surface area contributed by atoms with Crippen LogP contribution in [0.5, 0.6) is 0 Å². The number of benzene rings is 1. The number of hydrogen-bond donors (Lipinski definition) is 1. The molecule has 0 fully saturated rings. The van der Waals surface area contributed by atoms with Crippen molar-refractivity contribution in [2.45, 2.75) is 25.4 Å². The van der Waals surface area contributed by atoms with Crippen molar-refractivity contribution >= 4 is 40.6 Å². The molecule has 10 heteroatoms. The molecule has 0 unspecified atom stereocenters. The number of amides is 1. The summed E-state index contributed by atoms with van der Waals surface area (Å²) in [4.78, 5) is 29.9. The molecule has 32 heavy (non-hydrogen) atoms. The summed E-state index contributed by atoms with van der Waals surface area (Å²) in [5.41, 5.74) is 3.26. The molecule has 0 atom stereocenters. The van der Waals surface area contributed by atoms with Crippen LogP contribution in [0.2, 0.25) is 5.02 Å². The van der Waals surface area contributed by atoms with E-state index >= 15 is 0 Å². The lowest BCUT2D eigenvalue weighted by Crippen LogP contribution is -2.22. The molecule has 4 aromatic rings. The van der Waals surface area contributed by atoms with E-state index in [1.54, 1.807) is 39.4 Å². The molecule has 0 saturated heterocycles. The zero-order valence-corrected chi connectivity index (χ0v) is 19.4. The number of carbonyl (C=O) groups excluding carboxylic acids is 1. The fourth-order valence-corrected chi connectivity index (χ4v) is 4.17. The molecule has 164 valence electrons. The number of pyridine rings is 1. The van der Waals surface area contributed by atoms with Gasteiger partial charge in [-0.15, -0.1) is 10.2 Å². The van der Waals surface area contributed by atoms with E-state index in [-0.39, 0.29) is 17.2 Å². The third-order valence-electron chi connectivity index (χ3n) is 5.01. The summed E-state index contributed by atoms with van der Waals surface area (Å²) in [6.07, 6.45) is 2.08. The molecule has 3 heterocycles. The number of nitrogens with one attached hydrogen (secondary N) is 1. The minimum Gasteiger partial charge on any atom is -0.324 e. The molecule has 0 aliphatic carbocycles. The lowest BCUT2D eigenvalue weighted by molar-refractivity contribution is -0.113. The van der Waals surface area contributed by atoms with Crippen LogP contribution in [0.4, 0.5) is 5.69 Å². The zero-order valence-electron chi connectivity index (χ0n) is 17.8. The summed E-state index contributed by atoms with van der Waals surface area (Å²) in [5, 5.41) is 12.3. The van der Waals surface area contributed by atoms with Crippen LogP contribution >= 0.6 is 23.4 Å². The number of rotatable bonds is 6. The summed E-state index contributed by atoms with van der Waals surface area (Å²) in [6.45, 7) is 3.75. The molecule has 4 rings (SSSR count). The highest BCUT2D eigenvalue weighted by atomic mass is 35.5. The van der Waals surface area contributed by atoms with Crippen molar-refractivity contribution in [3.8, 4) is 0 Å². The first-order valence-electron chi connectivity index (χ1n) is 9.87. The number of aromatic nitrogens is 5. The minimum atomic E-state index is -0.198. The highest BCUT2D eigenvalue weighted by molar-refractivity contribution is 7.99. The molecule has 8 nitrogen and oxygen atoms in total. The van der Waals surface area contributed by atoms with E-state index in [0.29, 0.717) is 45.0 Å². The van der Waals surface area contributed by atoms with Gasteiger partial charge in [-0.1, -0.05) is 41.6 Å². The highest BCUT2D eigenvalue weighted by Crippen LogP contribution is 2.22. The average molecular weight is 469 g/mol. The molecule has 1 N–H and O–H groups in total. The van der Waals surface area contributed by atoms with Gasteiger partial charge in [0.2, 0.25) is 5.91 Å². The van der Waals surface area contributed by atoms with Crippen LogP contribution in [0.1, 0.15) is 22.6 Å². The molecule has 0 spiro atoms. The van der Waals surface area contributed by atoms with Gasteiger partial charge in [-0.05, 0) is 37.6 Å². The largest absolute Gasteiger partial charge is 0.324 e. The summed E-state index contributed by atoms with van der Waals surface area (Å²) in [6, 6.07) is 10.8. The summed E-state index contributed by atoms with van der Waals surface area (Å²) >= 11 is 7.34. The van der Waals surface area contributed by atoms with Crippen LogP contribution in [0, 0.1) is 13.8 Å². The summed E-state index contributed by atoms with van der Waals surface area (Å²) < 4.78 is 3.35. The van der Waals surface area contributed by atoms with Crippen molar-refractivity contribution in [3.63, 3.8) is 0 Å². The number of carbonyl (C=O) groups is 1. The maximum atomic E-state index is 13.0. The van der Waals surface area contributed by atoms with Gasteiger partial charge < -0.3 is 9.88 Å². The van der Waals surface area contributed by atoms with Crippen LogP contribution in [0.25, 0.3) is 5.65 Å². The van der Waals surface area contributed by atoms with Crippen molar-refractivity contribution in [2.24, 2.45) is 7.05 Å². The molecule has 0 aliphatic rings. The molecule has 1 amide bonds. The van der Waals surface area contributed by atoms with Crippen molar-refractivity contribution < 1.29 is 4.79 Å². The molecule has 3 aromatic heterocycles. The number of thioether (sulfide) groups is 1. The first kappa shape index (κ1) is 22.0. The molecule has 1 aromatic carbocycles. The van der Waals surface area contributed by atoms with Gasteiger partial charge in [0.25, 0.3) is 5.56 Å². The maximum absolute atomic E-state index is 13.0. The van der Waals surface area contributed by atoms with Gasteiger partial charge in [0.05, 0.1) is 16.5 Å². The smallest absolute Gasteiger partial charge is 0.261 e. The van der Waals surface area contributed by atoms with Gasteiger partial charge in [-0.25, -0.2) is 4.98 Å². The second-order valence-electron chi connectivity index (χ2n) is 7.37. The number of anilines is 1. The normalized spacial score (nSPS) is 11.1. The summed E-state index contributed by atoms with van der Waals surface area (Å²) in [7, 11) is 1.81. The number of hydrogen-bond acceptors (Lipinski definition) is 6. The molecular weight excluding hydrogens is 448 g/mol. The molecular formula is C22H21ClN6O2S. The van der Waals surface area contributed by atoms with E-state index in [1.165, 1.54) is 11.8 Å². The van der Waals surface area contributed by atoms with Crippen molar-refractivity contribution in [2.75, 3.05) is 11.1 Å². The number of aryl methyl sites for hydroxylation is 2. The molecule has 0 saturated carbocycles. The van der Waals surface area contributed by atoms with E-state index < -0.39 is 0 Å². The van der Waals surface area contributed by atoms with Crippen LogP contribution < -0.4 is 10.9 Å². The number of nitrogens with zero attached hydrogens (tertiary/aromatic N) is 5. The molecule has 0 bridgehead atoms. The topological polar surface area (TPSA) is 94.2 Å². The maximum Gasteiger partial charge on any atom is 0.261 e. The first-order chi connectivity index (χ1) is 15.3. The monoisotopic (exact) mass is 468 g/mol. The SMILES string of the molecule is Cc1ccc2nc(C)c(Cc3nnc(SCC(=O)Nc4ccccc4Cl)n3C)c(=O)n2c1. The fourth-order valence-electron chi connectivity index (χ4n) is 3.26. The standard InChI is InChI=1S/C22H21ClN6O2S/c1-13-8-9-18-24-14(2)15(21(31)29(18)11-13)10-19-26-27-22(28(19)3)32-12-20(30)25-17-7-5-4-6-16(17)23/h4-9,11H,10,12H2,1-3H3,(H,25,30). The Bertz CT molecular complexity index is 1380. The van der Waals surface area contributed by atoms with Gasteiger partial charge in [0.15, 0.2) is 5.16 Å². The quantitative estimate of drug-likeness (QED) is 0.436. The van der Waals surface area contributed by atoms with Crippen LogP contribution in [-0.2, 0) is 18.3 Å². The van der Waals surface area contributed by atoms with E-state index in [2.05, 4.69) is 20.5 Å². The lowest BCUT2D eigenvalue weighted by Gasteiger charge is -2.09. The zero-order chi connectivity index (χ0) is 22.8. The minimum absolute atomic E-state index is 0.118. The Morgan fingerprint density at radius 1 is 1.16 bits per heavy atom. The molecule has 0 aliphatic heterocycles.